The predicted molar refractivity (Wildman–Crippen MR) is 116 cm³/mol. The third-order valence-electron chi connectivity index (χ3n) is 4.94. The molecule has 2 aliphatic rings. The van der Waals surface area contributed by atoms with Crippen molar-refractivity contribution >= 4 is 61.9 Å². The molecular formula is C20H14BrCl2N3OS. The number of carbonyl (C=O) groups is 1. The van der Waals surface area contributed by atoms with Gasteiger partial charge >= 0.3 is 0 Å². The fraction of sp³-hybridized carbons (Fsp3) is 0.200. The Balaban J connectivity index is 1.98. The molecule has 1 aliphatic carbocycles. The molecule has 28 heavy (non-hydrogen) atoms. The Morgan fingerprint density at radius 3 is 2.71 bits per heavy atom. The fourth-order valence-electron chi connectivity index (χ4n) is 3.79. The summed E-state index contributed by atoms with van der Waals surface area (Å²) in [4.78, 5) is 15.7. The summed E-state index contributed by atoms with van der Waals surface area (Å²) in [5, 5.41) is 12.8. The van der Waals surface area contributed by atoms with E-state index in [2.05, 4.69) is 22.0 Å². The summed E-state index contributed by atoms with van der Waals surface area (Å²) in [7, 11) is 0. The van der Waals surface area contributed by atoms with E-state index in [1.807, 2.05) is 11.4 Å². The highest BCUT2D eigenvalue weighted by atomic mass is 79.9. The van der Waals surface area contributed by atoms with Crippen LogP contribution in [0.1, 0.15) is 30.1 Å². The van der Waals surface area contributed by atoms with Crippen LogP contribution >= 0.6 is 50.5 Å². The van der Waals surface area contributed by atoms with Crippen LogP contribution in [0.5, 0.6) is 0 Å². The lowest BCUT2D eigenvalue weighted by atomic mass is 9.78. The molecule has 0 amide bonds. The van der Waals surface area contributed by atoms with Gasteiger partial charge in [-0.3, -0.25) is 9.69 Å². The van der Waals surface area contributed by atoms with Crippen molar-refractivity contribution in [1.82, 2.24) is 0 Å². The normalized spacial score (nSPS) is 19.7. The van der Waals surface area contributed by atoms with E-state index in [1.54, 1.807) is 23.1 Å². The maximum Gasteiger partial charge on any atom is 0.161 e. The number of halogens is 3. The van der Waals surface area contributed by atoms with Gasteiger partial charge in [-0.2, -0.15) is 5.26 Å². The molecule has 142 valence electrons. The number of anilines is 1. The van der Waals surface area contributed by atoms with Crippen LogP contribution in [0.3, 0.4) is 0 Å². The maximum atomic E-state index is 13.0. The minimum absolute atomic E-state index is 0.0473. The number of ketones is 1. The first kappa shape index (κ1) is 19.5. The van der Waals surface area contributed by atoms with Gasteiger partial charge in [-0.25, -0.2) is 0 Å². The number of nitrogens with zero attached hydrogens (tertiary/aromatic N) is 2. The van der Waals surface area contributed by atoms with E-state index >= 15 is 0 Å². The summed E-state index contributed by atoms with van der Waals surface area (Å²) in [6.45, 7) is 0. The Kier molecular flexibility index (Phi) is 5.28. The van der Waals surface area contributed by atoms with Crippen LogP contribution in [0, 0.1) is 11.3 Å². The van der Waals surface area contributed by atoms with Crippen LogP contribution < -0.4 is 10.6 Å². The van der Waals surface area contributed by atoms with E-state index in [-0.39, 0.29) is 5.78 Å². The molecule has 1 unspecified atom stereocenters. The zero-order valence-electron chi connectivity index (χ0n) is 14.5. The molecule has 1 aromatic carbocycles. The van der Waals surface area contributed by atoms with E-state index < -0.39 is 5.92 Å². The van der Waals surface area contributed by atoms with Crippen LogP contribution in [0.4, 0.5) is 5.69 Å². The molecule has 0 fully saturated rings. The van der Waals surface area contributed by atoms with Gasteiger partial charge < -0.3 is 5.73 Å². The molecule has 1 aromatic heterocycles. The second-order valence-electron chi connectivity index (χ2n) is 6.58. The molecule has 1 atom stereocenters. The molecule has 8 heteroatoms. The Labute approximate surface area is 185 Å². The number of hydrogen-bond acceptors (Lipinski definition) is 5. The summed E-state index contributed by atoms with van der Waals surface area (Å²) in [5.41, 5.74) is 8.92. The Morgan fingerprint density at radius 1 is 1.29 bits per heavy atom. The quantitative estimate of drug-likeness (QED) is 0.545. The predicted octanol–water partition coefficient (Wildman–Crippen LogP) is 6.12. The minimum atomic E-state index is -0.452. The largest absolute Gasteiger partial charge is 0.384 e. The second-order valence-corrected chi connectivity index (χ2v) is 9.28. The third kappa shape index (κ3) is 3.17. The Morgan fingerprint density at radius 2 is 2.07 bits per heavy atom. The van der Waals surface area contributed by atoms with Gasteiger partial charge in [0.05, 0.1) is 28.3 Å². The highest BCUT2D eigenvalue weighted by Gasteiger charge is 2.41. The lowest BCUT2D eigenvalue weighted by molar-refractivity contribution is -0.116. The zero-order chi connectivity index (χ0) is 20.0. The van der Waals surface area contributed by atoms with Crippen molar-refractivity contribution in [3.8, 4) is 6.07 Å². The van der Waals surface area contributed by atoms with Crippen molar-refractivity contribution in [2.45, 2.75) is 25.2 Å². The smallest absolute Gasteiger partial charge is 0.161 e. The van der Waals surface area contributed by atoms with E-state index in [0.29, 0.717) is 45.5 Å². The van der Waals surface area contributed by atoms with Crippen LogP contribution in [0.15, 0.2) is 56.8 Å². The van der Waals surface area contributed by atoms with E-state index in [9.17, 15) is 10.1 Å². The number of carbonyl (C=O) groups excluding carboxylic acids is 1. The number of nitriles is 1. The molecule has 2 heterocycles. The van der Waals surface area contributed by atoms with Crippen LogP contribution in [0.2, 0.25) is 10.0 Å². The summed E-state index contributed by atoms with van der Waals surface area (Å²) in [5.74, 6) is -0.104. The second kappa shape index (κ2) is 7.57. The Hall–Kier alpha value is -1.78. The van der Waals surface area contributed by atoms with Crippen molar-refractivity contribution < 1.29 is 4.79 Å². The molecule has 0 bridgehead atoms. The molecule has 0 saturated carbocycles. The van der Waals surface area contributed by atoms with E-state index in [1.165, 1.54) is 11.3 Å². The Bertz CT molecular complexity index is 1100. The van der Waals surface area contributed by atoms with Gasteiger partial charge in [-0.15, -0.1) is 11.3 Å². The van der Waals surface area contributed by atoms with Gasteiger partial charge in [0.2, 0.25) is 0 Å². The van der Waals surface area contributed by atoms with Crippen molar-refractivity contribution in [2.75, 3.05) is 4.90 Å². The van der Waals surface area contributed by atoms with Crippen molar-refractivity contribution in [1.29, 1.82) is 5.26 Å². The summed E-state index contributed by atoms with van der Waals surface area (Å²) in [6, 6.07) is 9.30. The summed E-state index contributed by atoms with van der Waals surface area (Å²) in [6.07, 6.45) is 1.88. The molecule has 0 radical (unpaired) electrons. The first-order chi connectivity index (χ1) is 13.4. The number of allylic oxidation sites excluding steroid dienone is 3. The molecule has 0 spiro atoms. The van der Waals surface area contributed by atoms with Crippen LogP contribution in [0.25, 0.3) is 0 Å². The summed E-state index contributed by atoms with van der Waals surface area (Å²) >= 11 is 17.5. The van der Waals surface area contributed by atoms with Gasteiger partial charge in [0.15, 0.2) is 5.78 Å². The average molecular weight is 495 g/mol. The number of thiophene rings is 1. The average Bonchev–Trinajstić information content (AvgIpc) is 3.08. The first-order valence-corrected chi connectivity index (χ1v) is 11.0. The van der Waals surface area contributed by atoms with Gasteiger partial charge in [-0.1, -0.05) is 23.2 Å². The fourth-order valence-corrected chi connectivity index (χ4v) is 5.84. The molecule has 2 aromatic rings. The van der Waals surface area contributed by atoms with Crippen molar-refractivity contribution in [3.63, 3.8) is 0 Å². The van der Waals surface area contributed by atoms with Gasteiger partial charge in [0.25, 0.3) is 0 Å². The lowest BCUT2D eigenvalue weighted by Gasteiger charge is -2.39. The van der Waals surface area contributed by atoms with E-state index in [0.717, 1.165) is 21.5 Å². The third-order valence-corrected chi connectivity index (χ3v) is 7.23. The molecule has 0 saturated heterocycles. The molecule has 4 nitrogen and oxygen atoms in total. The molecule has 2 N–H and O–H groups in total. The number of benzene rings is 1. The standard InChI is InChI=1S/C20H14BrCl2N3OS/c21-10-6-17(28-9-10)18-12(8-24)20(25)26(14-5-4-11(22)7-13(14)23)15-2-1-3-16(27)19(15)18/h4-7,9,18H,1-3,25H2. The zero-order valence-corrected chi connectivity index (χ0v) is 18.4. The number of rotatable bonds is 2. The highest BCUT2D eigenvalue weighted by Crippen LogP contribution is 2.49. The lowest BCUT2D eigenvalue weighted by Crippen LogP contribution is -2.38. The van der Waals surface area contributed by atoms with E-state index in [4.69, 9.17) is 28.9 Å². The topological polar surface area (TPSA) is 70.1 Å². The monoisotopic (exact) mass is 493 g/mol. The number of Topliss-reactive ketones (excluding diaryl/α,β-unsaturated/α-hetero) is 1. The summed E-state index contributed by atoms with van der Waals surface area (Å²) < 4.78 is 0.914. The molecule has 4 rings (SSSR count). The number of hydrogen-bond donors (Lipinski definition) is 1. The van der Waals surface area contributed by atoms with Crippen molar-refractivity contribution in [2.24, 2.45) is 5.73 Å². The minimum Gasteiger partial charge on any atom is -0.384 e. The number of nitrogens with two attached hydrogens (primary N) is 1. The van der Waals surface area contributed by atoms with Gasteiger partial charge in [0.1, 0.15) is 5.82 Å². The van der Waals surface area contributed by atoms with Crippen molar-refractivity contribution in [3.05, 3.63) is 71.7 Å². The van der Waals surface area contributed by atoms with Gasteiger partial charge in [0, 0.05) is 37.4 Å². The van der Waals surface area contributed by atoms with Crippen LogP contribution in [-0.2, 0) is 4.79 Å². The SMILES string of the molecule is N#CC1=C(N)N(c2ccc(Cl)cc2Cl)C2=C(C(=O)CCC2)C1c1cc(Br)cs1. The van der Waals surface area contributed by atoms with Crippen LogP contribution in [-0.4, -0.2) is 5.78 Å². The maximum absolute atomic E-state index is 13.0. The first-order valence-electron chi connectivity index (χ1n) is 8.57. The molecule has 1 aliphatic heterocycles. The highest BCUT2D eigenvalue weighted by molar-refractivity contribution is 9.10. The van der Waals surface area contributed by atoms with Gasteiger partial charge in [-0.05, 0) is 53.0 Å². The molecular weight excluding hydrogens is 481 g/mol.